The Labute approximate surface area is 131 Å². The van der Waals surface area contributed by atoms with Crippen LogP contribution in [0.25, 0.3) is 25.9 Å². The molecule has 0 atom stereocenters. The molecule has 2 aromatic heterocycles. The van der Waals surface area contributed by atoms with E-state index in [1.807, 2.05) is 18.2 Å². The van der Waals surface area contributed by atoms with Crippen LogP contribution in [0.4, 0.5) is 5.69 Å². The normalized spacial score (nSPS) is 11.4. The van der Waals surface area contributed by atoms with Crippen molar-refractivity contribution in [2.75, 3.05) is 20.0 Å². The molecule has 110 valence electrons. The number of ether oxygens (including phenoxy) is 2. The topological polar surface area (TPSA) is 48.6 Å². The van der Waals surface area contributed by atoms with E-state index in [4.69, 9.17) is 15.2 Å². The molecule has 0 aliphatic carbocycles. The van der Waals surface area contributed by atoms with Crippen molar-refractivity contribution >= 4 is 43.0 Å². The minimum atomic E-state index is 0.746. The van der Waals surface area contributed by atoms with Gasteiger partial charge in [-0.3, -0.25) is 0 Å². The predicted octanol–water partition coefficient (Wildman–Crippen LogP) is 3.39. The van der Waals surface area contributed by atoms with Gasteiger partial charge in [-0.2, -0.15) is 0 Å². The molecule has 4 rings (SSSR count). The zero-order valence-corrected chi connectivity index (χ0v) is 13.1. The standard InChI is InChI=1S/C17H15N2O2S/c1-20-14-7-6-13-17(16(14)21-2)22-15-8-3-10-9-11(18)4-5-12(10)19(13)15/h3-9H,18H2,1-2H3/q+1. The summed E-state index contributed by atoms with van der Waals surface area (Å²) in [6.45, 7) is 0. The summed E-state index contributed by atoms with van der Waals surface area (Å²) in [7, 11) is 3.33. The first-order valence-electron chi connectivity index (χ1n) is 6.90. The van der Waals surface area contributed by atoms with Crippen LogP contribution >= 0.6 is 11.3 Å². The van der Waals surface area contributed by atoms with E-state index in [2.05, 4.69) is 28.7 Å². The molecule has 0 amide bonds. The number of anilines is 1. The Bertz CT molecular complexity index is 1020. The van der Waals surface area contributed by atoms with Gasteiger partial charge in [-0.25, -0.2) is 0 Å². The van der Waals surface area contributed by atoms with Gasteiger partial charge in [0.2, 0.25) is 11.0 Å². The van der Waals surface area contributed by atoms with E-state index in [0.29, 0.717) is 0 Å². The number of nitrogen functional groups attached to an aromatic ring is 1. The van der Waals surface area contributed by atoms with E-state index < -0.39 is 0 Å². The van der Waals surface area contributed by atoms with Gasteiger partial charge in [-0.1, -0.05) is 11.3 Å². The molecule has 0 unspecified atom stereocenters. The summed E-state index contributed by atoms with van der Waals surface area (Å²) in [5, 5.41) is 1.12. The quantitative estimate of drug-likeness (QED) is 0.456. The molecular weight excluding hydrogens is 296 g/mol. The van der Waals surface area contributed by atoms with Crippen LogP contribution in [0, 0.1) is 0 Å². The van der Waals surface area contributed by atoms with E-state index >= 15 is 0 Å². The third-order valence-electron chi connectivity index (χ3n) is 3.85. The summed E-state index contributed by atoms with van der Waals surface area (Å²) < 4.78 is 14.3. The molecule has 2 aromatic carbocycles. The maximum atomic E-state index is 5.90. The number of nitrogens with zero attached hydrogens (tertiary/aromatic N) is 1. The number of benzene rings is 2. The Morgan fingerprint density at radius 3 is 2.55 bits per heavy atom. The highest BCUT2D eigenvalue weighted by Gasteiger charge is 2.22. The molecule has 0 bridgehead atoms. The van der Waals surface area contributed by atoms with Crippen molar-refractivity contribution in [1.82, 2.24) is 0 Å². The molecule has 0 saturated carbocycles. The SMILES string of the molecule is COc1ccc2c(sc3ccc4cc(N)ccc4[n+]32)c1OC. The Morgan fingerprint density at radius 2 is 1.77 bits per heavy atom. The van der Waals surface area contributed by atoms with E-state index in [0.717, 1.165) is 43.1 Å². The fourth-order valence-electron chi connectivity index (χ4n) is 2.86. The minimum absolute atomic E-state index is 0.746. The van der Waals surface area contributed by atoms with Gasteiger partial charge in [0, 0.05) is 29.3 Å². The highest BCUT2D eigenvalue weighted by Crippen LogP contribution is 2.38. The molecule has 4 aromatic rings. The van der Waals surface area contributed by atoms with E-state index in [1.54, 1.807) is 25.6 Å². The summed E-state index contributed by atoms with van der Waals surface area (Å²) in [6.07, 6.45) is 0. The van der Waals surface area contributed by atoms with E-state index in [-0.39, 0.29) is 0 Å². The molecule has 0 radical (unpaired) electrons. The van der Waals surface area contributed by atoms with Crippen molar-refractivity contribution in [3.63, 3.8) is 0 Å². The fraction of sp³-hybridized carbons (Fsp3) is 0.118. The lowest BCUT2D eigenvalue weighted by atomic mass is 10.2. The van der Waals surface area contributed by atoms with Gasteiger partial charge in [0.1, 0.15) is 0 Å². The number of thiazole rings is 1. The molecule has 4 nitrogen and oxygen atoms in total. The molecule has 5 heteroatoms. The maximum Gasteiger partial charge on any atom is 0.268 e. The van der Waals surface area contributed by atoms with Crippen molar-refractivity contribution < 1.29 is 13.9 Å². The second kappa shape index (κ2) is 4.74. The van der Waals surface area contributed by atoms with Gasteiger partial charge in [0.25, 0.3) is 4.83 Å². The number of aromatic nitrogens is 1. The summed E-state index contributed by atoms with van der Waals surface area (Å²) in [4.78, 5) is 1.15. The largest absolute Gasteiger partial charge is 0.493 e. The van der Waals surface area contributed by atoms with Crippen LogP contribution in [-0.4, -0.2) is 14.2 Å². The van der Waals surface area contributed by atoms with Crippen molar-refractivity contribution in [3.8, 4) is 11.5 Å². The monoisotopic (exact) mass is 311 g/mol. The summed E-state index contributed by atoms with van der Waals surface area (Å²) >= 11 is 1.69. The molecule has 0 saturated heterocycles. The highest BCUT2D eigenvalue weighted by molar-refractivity contribution is 7.23. The zero-order valence-electron chi connectivity index (χ0n) is 12.3. The summed E-state index contributed by atoms with van der Waals surface area (Å²) in [6, 6.07) is 14.2. The smallest absolute Gasteiger partial charge is 0.268 e. The third kappa shape index (κ3) is 1.72. The molecule has 0 spiro atoms. The van der Waals surface area contributed by atoms with Gasteiger partial charge in [0.05, 0.1) is 14.2 Å². The molecule has 0 aliphatic rings. The lowest BCUT2D eigenvalue weighted by molar-refractivity contribution is -0.446. The van der Waals surface area contributed by atoms with Crippen LogP contribution < -0.4 is 19.6 Å². The van der Waals surface area contributed by atoms with Crippen LogP contribution in [0.2, 0.25) is 0 Å². The number of fused-ring (bicyclic) bond motifs is 5. The zero-order chi connectivity index (χ0) is 15.3. The van der Waals surface area contributed by atoms with Crippen molar-refractivity contribution in [2.45, 2.75) is 0 Å². The minimum Gasteiger partial charge on any atom is -0.493 e. The maximum absolute atomic E-state index is 5.90. The Hall–Kier alpha value is -2.53. The van der Waals surface area contributed by atoms with E-state index in [9.17, 15) is 0 Å². The molecule has 22 heavy (non-hydrogen) atoms. The fourth-order valence-corrected chi connectivity index (χ4v) is 4.03. The Kier molecular flexibility index (Phi) is 2.84. The summed E-state index contributed by atoms with van der Waals surface area (Å²) in [5.41, 5.74) is 8.90. The van der Waals surface area contributed by atoms with Gasteiger partial charge in [0.15, 0.2) is 16.2 Å². The van der Waals surface area contributed by atoms with Crippen LogP contribution in [0.1, 0.15) is 0 Å². The van der Waals surface area contributed by atoms with Crippen LogP contribution in [0.3, 0.4) is 0 Å². The first-order chi connectivity index (χ1) is 10.7. The average Bonchev–Trinajstić information content (AvgIpc) is 2.92. The van der Waals surface area contributed by atoms with Crippen LogP contribution in [0.15, 0.2) is 42.5 Å². The molecule has 0 aliphatic heterocycles. The number of pyridine rings is 1. The number of hydrogen-bond acceptors (Lipinski definition) is 4. The summed E-state index contributed by atoms with van der Waals surface area (Å²) in [5.74, 6) is 1.52. The lowest BCUT2D eigenvalue weighted by Gasteiger charge is -2.05. The van der Waals surface area contributed by atoms with Gasteiger partial charge >= 0.3 is 0 Å². The average molecular weight is 311 g/mol. The molecule has 0 fully saturated rings. The van der Waals surface area contributed by atoms with Crippen molar-refractivity contribution in [1.29, 1.82) is 0 Å². The first kappa shape index (κ1) is 13.2. The highest BCUT2D eigenvalue weighted by atomic mass is 32.1. The number of methoxy groups -OCH3 is 2. The second-order valence-corrected chi connectivity index (χ2v) is 6.11. The van der Waals surface area contributed by atoms with Crippen molar-refractivity contribution in [3.05, 3.63) is 42.5 Å². The third-order valence-corrected chi connectivity index (χ3v) is 4.97. The first-order valence-corrected chi connectivity index (χ1v) is 7.72. The predicted molar refractivity (Wildman–Crippen MR) is 90.0 cm³/mol. The van der Waals surface area contributed by atoms with Crippen LogP contribution in [-0.2, 0) is 0 Å². The molecular formula is C17H15N2O2S+. The van der Waals surface area contributed by atoms with Gasteiger partial charge in [-0.05, 0) is 24.3 Å². The molecule has 2 N–H and O–H groups in total. The lowest BCUT2D eigenvalue weighted by Crippen LogP contribution is -2.20. The Morgan fingerprint density at radius 1 is 0.955 bits per heavy atom. The number of nitrogens with two attached hydrogens (primary N) is 1. The number of rotatable bonds is 2. The van der Waals surface area contributed by atoms with Crippen molar-refractivity contribution in [2.24, 2.45) is 0 Å². The van der Waals surface area contributed by atoms with Gasteiger partial charge in [-0.15, -0.1) is 4.40 Å². The molecule has 2 heterocycles. The number of hydrogen-bond donors (Lipinski definition) is 1. The van der Waals surface area contributed by atoms with Gasteiger partial charge < -0.3 is 15.2 Å². The second-order valence-electron chi connectivity index (χ2n) is 5.08. The van der Waals surface area contributed by atoms with E-state index in [1.165, 1.54) is 0 Å². The Balaban J connectivity index is 2.21. The van der Waals surface area contributed by atoms with Crippen LogP contribution in [0.5, 0.6) is 11.5 Å².